The van der Waals surface area contributed by atoms with Crippen LogP contribution in [-0.2, 0) is 11.2 Å². The van der Waals surface area contributed by atoms with Gasteiger partial charge in [-0.2, -0.15) is 0 Å². The van der Waals surface area contributed by atoms with Crippen molar-refractivity contribution < 1.29 is 4.79 Å². The van der Waals surface area contributed by atoms with Crippen molar-refractivity contribution in [1.82, 2.24) is 5.32 Å². The van der Waals surface area contributed by atoms with Crippen molar-refractivity contribution in [1.29, 1.82) is 0 Å². The van der Waals surface area contributed by atoms with Crippen LogP contribution in [0.4, 0.5) is 0 Å². The molecule has 0 radical (unpaired) electrons. The molecule has 0 aromatic heterocycles. The molecule has 1 amide bonds. The number of benzene rings is 1. The minimum Gasteiger partial charge on any atom is -0.353 e. The summed E-state index contributed by atoms with van der Waals surface area (Å²) < 4.78 is 1.08. The van der Waals surface area contributed by atoms with Crippen molar-refractivity contribution in [3.63, 3.8) is 0 Å². The maximum absolute atomic E-state index is 12.3. The van der Waals surface area contributed by atoms with Gasteiger partial charge >= 0.3 is 0 Å². The monoisotopic (exact) mass is 338 g/mol. The summed E-state index contributed by atoms with van der Waals surface area (Å²) in [6, 6.07) is 8.40. The number of nitrogens with two attached hydrogens (primary N) is 1. The van der Waals surface area contributed by atoms with Gasteiger partial charge in [0.25, 0.3) is 0 Å². The summed E-state index contributed by atoms with van der Waals surface area (Å²) in [4.78, 5) is 12.3. The van der Waals surface area contributed by atoms with E-state index in [1.165, 1.54) is 5.56 Å². The lowest BCUT2D eigenvalue weighted by molar-refractivity contribution is -0.126. The maximum Gasteiger partial charge on any atom is 0.223 e. The van der Waals surface area contributed by atoms with E-state index >= 15 is 0 Å². The van der Waals surface area contributed by atoms with E-state index in [-0.39, 0.29) is 17.9 Å². The molecule has 0 bridgehead atoms. The van der Waals surface area contributed by atoms with Crippen LogP contribution >= 0.6 is 15.9 Å². The topological polar surface area (TPSA) is 55.1 Å². The molecule has 1 saturated carbocycles. The molecule has 3 atom stereocenters. The number of nitrogens with one attached hydrogen (secondary N) is 1. The highest BCUT2D eigenvalue weighted by molar-refractivity contribution is 9.10. The summed E-state index contributed by atoms with van der Waals surface area (Å²) in [6.07, 6.45) is 4.06. The van der Waals surface area contributed by atoms with Crippen LogP contribution in [0.2, 0.25) is 0 Å². The molecule has 3 nitrogen and oxygen atoms in total. The van der Waals surface area contributed by atoms with Gasteiger partial charge in [0.15, 0.2) is 0 Å². The lowest BCUT2D eigenvalue weighted by Crippen LogP contribution is -2.40. The van der Waals surface area contributed by atoms with Crippen LogP contribution in [0.15, 0.2) is 28.7 Å². The number of rotatable bonds is 5. The Kier molecular flexibility index (Phi) is 5.61. The number of halogens is 1. The Morgan fingerprint density at radius 3 is 2.75 bits per heavy atom. The first-order valence-corrected chi connectivity index (χ1v) is 8.14. The summed E-state index contributed by atoms with van der Waals surface area (Å²) >= 11 is 3.43. The van der Waals surface area contributed by atoms with Crippen LogP contribution < -0.4 is 11.1 Å². The van der Waals surface area contributed by atoms with Gasteiger partial charge in [0.2, 0.25) is 5.91 Å². The predicted octanol–water partition coefficient (Wildman–Crippen LogP) is 2.87. The number of carbonyl (C=O) groups excluding carboxylic acids is 1. The fourth-order valence-corrected chi connectivity index (χ4v) is 3.30. The quantitative estimate of drug-likeness (QED) is 0.867. The van der Waals surface area contributed by atoms with Gasteiger partial charge in [-0.15, -0.1) is 0 Å². The molecule has 1 aliphatic rings. The van der Waals surface area contributed by atoms with Crippen molar-refractivity contribution >= 4 is 21.8 Å². The van der Waals surface area contributed by atoms with Gasteiger partial charge in [0.1, 0.15) is 0 Å². The Morgan fingerprint density at radius 2 is 2.10 bits per heavy atom. The molecule has 0 saturated heterocycles. The third kappa shape index (κ3) is 4.06. The second-order valence-corrected chi connectivity index (χ2v) is 6.69. The number of hydrogen-bond donors (Lipinski definition) is 2. The van der Waals surface area contributed by atoms with E-state index in [0.29, 0.717) is 12.5 Å². The maximum atomic E-state index is 12.3. The van der Waals surface area contributed by atoms with Crippen LogP contribution in [0, 0.1) is 11.8 Å². The van der Waals surface area contributed by atoms with E-state index < -0.39 is 0 Å². The number of carbonyl (C=O) groups is 1. The molecule has 2 rings (SSSR count). The molecule has 110 valence electrons. The minimum atomic E-state index is 0.118. The fourth-order valence-electron chi connectivity index (χ4n) is 3.04. The lowest BCUT2D eigenvalue weighted by atomic mass is 9.95. The Bertz CT molecular complexity index is 446. The Balaban J connectivity index is 1.86. The zero-order chi connectivity index (χ0) is 14.5. The van der Waals surface area contributed by atoms with Crippen molar-refractivity contribution in [2.75, 3.05) is 6.54 Å². The molecule has 3 N–H and O–H groups in total. The summed E-state index contributed by atoms with van der Waals surface area (Å²) in [7, 11) is 0. The molecule has 1 aromatic rings. The molecule has 1 aliphatic carbocycles. The summed E-state index contributed by atoms with van der Waals surface area (Å²) in [5.41, 5.74) is 6.98. The van der Waals surface area contributed by atoms with Gasteiger partial charge in [-0.1, -0.05) is 34.5 Å². The van der Waals surface area contributed by atoms with E-state index in [1.54, 1.807) is 0 Å². The van der Waals surface area contributed by atoms with Gasteiger partial charge in [-0.25, -0.2) is 0 Å². The second kappa shape index (κ2) is 7.23. The van der Waals surface area contributed by atoms with E-state index in [2.05, 4.69) is 40.3 Å². The van der Waals surface area contributed by atoms with E-state index in [0.717, 1.165) is 30.2 Å². The van der Waals surface area contributed by atoms with Crippen LogP contribution in [-0.4, -0.2) is 18.5 Å². The largest absolute Gasteiger partial charge is 0.353 e. The van der Waals surface area contributed by atoms with Crippen molar-refractivity contribution in [2.24, 2.45) is 17.6 Å². The van der Waals surface area contributed by atoms with Crippen LogP contribution in [0.25, 0.3) is 0 Å². The third-order valence-corrected chi connectivity index (χ3v) is 4.67. The molecule has 0 heterocycles. The molecular weight excluding hydrogens is 316 g/mol. The van der Waals surface area contributed by atoms with Gasteiger partial charge < -0.3 is 11.1 Å². The third-order valence-electron chi connectivity index (χ3n) is 4.14. The first-order chi connectivity index (χ1) is 9.60. The summed E-state index contributed by atoms with van der Waals surface area (Å²) in [5.74, 6) is 0.671. The molecular formula is C16H23BrN2O. The molecule has 0 aliphatic heterocycles. The van der Waals surface area contributed by atoms with E-state index in [1.807, 2.05) is 12.1 Å². The van der Waals surface area contributed by atoms with Crippen molar-refractivity contribution in [2.45, 2.75) is 38.6 Å². The average Bonchev–Trinajstić information content (AvgIpc) is 2.89. The Morgan fingerprint density at radius 1 is 1.40 bits per heavy atom. The summed E-state index contributed by atoms with van der Waals surface area (Å²) in [6.45, 7) is 2.69. The van der Waals surface area contributed by atoms with Crippen LogP contribution in [0.5, 0.6) is 0 Å². The molecule has 0 spiro atoms. The van der Waals surface area contributed by atoms with Crippen molar-refractivity contribution in [3.05, 3.63) is 34.3 Å². The number of hydrogen-bond acceptors (Lipinski definition) is 2. The first-order valence-electron chi connectivity index (χ1n) is 7.35. The summed E-state index contributed by atoms with van der Waals surface area (Å²) in [5, 5.41) is 3.14. The molecule has 4 heteroatoms. The zero-order valence-corrected chi connectivity index (χ0v) is 13.5. The first kappa shape index (κ1) is 15.5. The highest BCUT2D eigenvalue weighted by Gasteiger charge is 2.32. The van der Waals surface area contributed by atoms with Crippen LogP contribution in [0.1, 0.15) is 31.7 Å². The second-order valence-electron chi connectivity index (χ2n) is 5.77. The van der Waals surface area contributed by atoms with E-state index in [9.17, 15) is 4.79 Å². The van der Waals surface area contributed by atoms with Gasteiger partial charge in [-0.3, -0.25) is 4.79 Å². The minimum absolute atomic E-state index is 0.118. The molecule has 1 unspecified atom stereocenters. The fraction of sp³-hybridized carbons (Fsp3) is 0.562. The molecule has 1 aromatic carbocycles. The Labute approximate surface area is 129 Å². The standard InChI is InChI=1S/C16H23BrN2O/c1-11(9-12-5-7-14(17)8-6-12)19-16(20)15-4-2-3-13(15)10-18/h5-8,11,13,15H,2-4,9-10,18H2,1H3,(H,19,20)/t11?,13-,15-/m1/s1. The van der Waals surface area contributed by atoms with Crippen LogP contribution in [0.3, 0.4) is 0 Å². The molecule has 20 heavy (non-hydrogen) atoms. The normalized spacial score (nSPS) is 23.6. The molecule has 1 fully saturated rings. The highest BCUT2D eigenvalue weighted by Crippen LogP contribution is 2.31. The zero-order valence-electron chi connectivity index (χ0n) is 11.9. The highest BCUT2D eigenvalue weighted by atomic mass is 79.9. The average molecular weight is 339 g/mol. The van der Waals surface area contributed by atoms with Gasteiger partial charge in [0.05, 0.1) is 0 Å². The Hall–Kier alpha value is -0.870. The van der Waals surface area contributed by atoms with E-state index in [4.69, 9.17) is 5.73 Å². The van der Waals surface area contributed by atoms with Crippen molar-refractivity contribution in [3.8, 4) is 0 Å². The lowest BCUT2D eigenvalue weighted by Gasteiger charge is -2.21. The van der Waals surface area contributed by atoms with Gasteiger partial charge in [-0.05, 0) is 56.3 Å². The smallest absolute Gasteiger partial charge is 0.223 e. The SMILES string of the molecule is CC(Cc1ccc(Br)cc1)NC(=O)[C@@H]1CCC[C@@H]1CN. The predicted molar refractivity (Wildman–Crippen MR) is 85.3 cm³/mol. The number of amides is 1. The van der Waals surface area contributed by atoms with Gasteiger partial charge in [0, 0.05) is 16.4 Å².